The third kappa shape index (κ3) is 3.63. The second-order valence-electron chi connectivity index (χ2n) is 6.03. The molecule has 0 spiro atoms. The minimum atomic E-state index is -1.08. The van der Waals surface area contributed by atoms with Crippen LogP contribution in [0.1, 0.15) is 21.5 Å². The lowest BCUT2D eigenvalue weighted by Crippen LogP contribution is -2.54. The number of hydrogen-bond donors (Lipinski definition) is 2. The SMILES string of the molecule is COc1ccc(/C=C2\C(=O)NC(=S)N(c3ccc(C(=O)O)cc3)C2=O)c(C)c1. The van der Waals surface area contributed by atoms with E-state index < -0.39 is 17.8 Å². The van der Waals surface area contributed by atoms with Crippen molar-refractivity contribution in [3.8, 4) is 5.75 Å². The van der Waals surface area contributed by atoms with Crippen molar-refractivity contribution in [1.82, 2.24) is 5.32 Å². The first-order valence-electron chi connectivity index (χ1n) is 8.21. The van der Waals surface area contributed by atoms with Crippen molar-refractivity contribution < 1.29 is 24.2 Å². The smallest absolute Gasteiger partial charge is 0.335 e. The van der Waals surface area contributed by atoms with Crippen molar-refractivity contribution in [3.63, 3.8) is 0 Å². The van der Waals surface area contributed by atoms with Gasteiger partial charge >= 0.3 is 5.97 Å². The molecule has 0 radical (unpaired) electrons. The van der Waals surface area contributed by atoms with Crippen LogP contribution in [0.3, 0.4) is 0 Å². The Morgan fingerprint density at radius 2 is 1.86 bits per heavy atom. The first-order chi connectivity index (χ1) is 13.3. The number of nitrogens with one attached hydrogen (secondary N) is 1. The van der Waals surface area contributed by atoms with E-state index in [9.17, 15) is 14.4 Å². The number of amides is 2. The molecule has 0 aromatic heterocycles. The number of rotatable bonds is 4. The van der Waals surface area contributed by atoms with Crippen LogP contribution >= 0.6 is 12.2 Å². The quantitative estimate of drug-likeness (QED) is 0.468. The molecule has 1 heterocycles. The molecule has 28 heavy (non-hydrogen) atoms. The number of hydrogen-bond acceptors (Lipinski definition) is 5. The molecule has 2 N–H and O–H groups in total. The minimum absolute atomic E-state index is 0.0679. The van der Waals surface area contributed by atoms with E-state index in [1.54, 1.807) is 25.3 Å². The van der Waals surface area contributed by atoms with Gasteiger partial charge in [-0.2, -0.15) is 0 Å². The zero-order valence-electron chi connectivity index (χ0n) is 15.1. The van der Waals surface area contributed by atoms with Crippen LogP contribution in [0.25, 0.3) is 6.08 Å². The average Bonchev–Trinajstić information content (AvgIpc) is 2.66. The second kappa shape index (κ2) is 7.61. The Morgan fingerprint density at radius 1 is 1.18 bits per heavy atom. The molecule has 142 valence electrons. The molecule has 0 aliphatic carbocycles. The van der Waals surface area contributed by atoms with Crippen molar-refractivity contribution in [2.24, 2.45) is 0 Å². The highest BCUT2D eigenvalue weighted by atomic mass is 32.1. The summed E-state index contributed by atoms with van der Waals surface area (Å²) in [7, 11) is 1.56. The molecule has 2 aromatic rings. The van der Waals surface area contributed by atoms with Gasteiger partial charge in [-0.3, -0.25) is 19.8 Å². The number of methoxy groups -OCH3 is 1. The lowest BCUT2D eigenvalue weighted by atomic mass is 10.0. The number of carbonyl (C=O) groups is 3. The standard InChI is InChI=1S/C20H16N2O5S/c1-11-9-15(27-2)8-5-13(11)10-16-17(23)21-20(28)22(18(16)24)14-6-3-12(4-7-14)19(25)26/h3-10H,1-2H3,(H,25,26)(H,21,23,28)/b16-10+. The van der Waals surface area contributed by atoms with Crippen molar-refractivity contribution >= 4 is 46.9 Å². The molecule has 0 unspecified atom stereocenters. The maximum atomic E-state index is 13.0. The predicted octanol–water partition coefficient (Wildman–Crippen LogP) is 2.53. The summed E-state index contributed by atoms with van der Waals surface area (Å²) in [6, 6.07) is 10.9. The van der Waals surface area contributed by atoms with E-state index in [1.165, 1.54) is 30.3 Å². The lowest BCUT2D eigenvalue weighted by molar-refractivity contribution is -0.122. The first kappa shape index (κ1) is 19.2. The van der Waals surface area contributed by atoms with Crippen molar-refractivity contribution in [3.05, 3.63) is 64.7 Å². The number of carbonyl (C=O) groups excluding carboxylic acids is 2. The van der Waals surface area contributed by atoms with E-state index in [1.807, 2.05) is 6.92 Å². The third-order valence-electron chi connectivity index (χ3n) is 4.25. The minimum Gasteiger partial charge on any atom is -0.497 e. The summed E-state index contributed by atoms with van der Waals surface area (Å²) in [4.78, 5) is 37.5. The van der Waals surface area contributed by atoms with Gasteiger partial charge in [0.2, 0.25) is 0 Å². The van der Waals surface area contributed by atoms with E-state index >= 15 is 0 Å². The number of aromatic carboxylic acids is 1. The Labute approximate surface area is 166 Å². The summed E-state index contributed by atoms with van der Waals surface area (Å²) >= 11 is 5.14. The molecule has 0 saturated carbocycles. The normalized spacial score (nSPS) is 15.6. The van der Waals surface area contributed by atoms with Gasteiger partial charge in [0.25, 0.3) is 11.8 Å². The number of carboxylic acids is 1. The molecule has 3 rings (SSSR count). The second-order valence-corrected chi connectivity index (χ2v) is 6.42. The lowest BCUT2D eigenvalue weighted by Gasteiger charge is -2.29. The Kier molecular flexibility index (Phi) is 5.23. The molecular formula is C20H16N2O5S. The van der Waals surface area contributed by atoms with Crippen LogP contribution in [0.4, 0.5) is 5.69 Å². The molecule has 0 bridgehead atoms. The topological polar surface area (TPSA) is 95.9 Å². The Bertz CT molecular complexity index is 1030. The molecule has 1 fully saturated rings. The first-order valence-corrected chi connectivity index (χ1v) is 8.62. The summed E-state index contributed by atoms with van der Waals surface area (Å²) < 4.78 is 5.16. The van der Waals surface area contributed by atoms with Crippen LogP contribution in [-0.4, -0.2) is 35.1 Å². The largest absolute Gasteiger partial charge is 0.497 e. The molecule has 2 amide bonds. The Morgan fingerprint density at radius 3 is 2.43 bits per heavy atom. The fourth-order valence-corrected chi connectivity index (χ4v) is 3.02. The Hall–Kier alpha value is -3.52. The van der Waals surface area contributed by atoms with E-state index in [-0.39, 0.29) is 16.2 Å². The highest BCUT2D eigenvalue weighted by Crippen LogP contribution is 2.24. The number of ether oxygens (including phenoxy) is 1. The van der Waals surface area contributed by atoms with Crippen LogP contribution in [-0.2, 0) is 9.59 Å². The van der Waals surface area contributed by atoms with Crippen LogP contribution in [0.5, 0.6) is 5.75 Å². The molecule has 1 aliphatic rings. The van der Waals surface area contributed by atoms with Gasteiger partial charge in [-0.25, -0.2) is 4.79 Å². The number of nitrogens with zero attached hydrogens (tertiary/aromatic N) is 1. The summed E-state index contributed by atoms with van der Waals surface area (Å²) in [5.74, 6) is -1.60. The molecular weight excluding hydrogens is 380 g/mol. The molecule has 2 aromatic carbocycles. The van der Waals surface area contributed by atoms with Gasteiger partial charge < -0.3 is 9.84 Å². The van der Waals surface area contributed by atoms with Gasteiger partial charge in [0.05, 0.1) is 18.4 Å². The van der Waals surface area contributed by atoms with Gasteiger partial charge in [0.1, 0.15) is 11.3 Å². The van der Waals surface area contributed by atoms with Gasteiger partial charge in [0.15, 0.2) is 5.11 Å². The Balaban J connectivity index is 1.99. The van der Waals surface area contributed by atoms with Gasteiger partial charge in [0, 0.05) is 0 Å². The number of aryl methyl sites for hydroxylation is 1. The average molecular weight is 396 g/mol. The summed E-state index contributed by atoms with van der Waals surface area (Å²) in [6.07, 6.45) is 1.49. The van der Waals surface area contributed by atoms with Crippen LogP contribution in [0.2, 0.25) is 0 Å². The van der Waals surface area contributed by atoms with E-state index in [0.29, 0.717) is 17.0 Å². The van der Waals surface area contributed by atoms with Crippen LogP contribution in [0.15, 0.2) is 48.0 Å². The third-order valence-corrected chi connectivity index (χ3v) is 4.54. The van der Waals surface area contributed by atoms with Gasteiger partial charge in [-0.05, 0) is 72.7 Å². The monoisotopic (exact) mass is 396 g/mol. The number of anilines is 1. The molecule has 7 nitrogen and oxygen atoms in total. The fraction of sp³-hybridized carbons (Fsp3) is 0.100. The maximum Gasteiger partial charge on any atom is 0.335 e. The van der Waals surface area contributed by atoms with Gasteiger partial charge in [-0.1, -0.05) is 6.07 Å². The zero-order valence-corrected chi connectivity index (χ0v) is 15.9. The van der Waals surface area contributed by atoms with Gasteiger partial charge in [-0.15, -0.1) is 0 Å². The number of thiocarbonyl (C=S) groups is 1. The fourth-order valence-electron chi connectivity index (χ4n) is 2.74. The number of carboxylic acid groups (broad SMARTS) is 1. The van der Waals surface area contributed by atoms with Crippen molar-refractivity contribution in [1.29, 1.82) is 0 Å². The highest BCUT2D eigenvalue weighted by Gasteiger charge is 2.34. The predicted molar refractivity (Wildman–Crippen MR) is 107 cm³/mol. The molecule has 1 saturated heterocycles. The van der Waals surface area contributed by atoms with Crippen molar-refractivity contribution in [2.45, 2.75) is 6.92 Å². The van der Waals surface area contributed by atoms with Crippen LogP contribution < -0.4 is 15.0 Å². The molecule has 8 heteroatoms. The summed E-state index contributed by atoms with van der Waals surface area (Å²) in [5.41, 5.74) is 1.88. The molecule has 1 aliphatic heterocycles. The number of benzene rings is 2. The highest BCUT2D eigenvalue weighted by molar-refractivity contribution is 7.80. The van der Waals surface area contributed by atoms with E-state index in [0.717, 1.165) is 10.5 Å². The van der Waals surface area contributed by atoms with Crippen molar-refractivity contribution in [2.75, 3.05) is 12.0 Å². The van der Waals surface area contributed by atoms with E-state index in [4.69, 9.17) is 22.1 Å². The van der Waals surface area contributed by atoms with E-state index in [2.05, 4.69) is 5.32 Å². The van der Waals surface area contributed by atoms with Crippen LogP contribution in [0, 0.1) is 6.92 Å². The summed E-state index contributed by atoms with van der Waals surface area (Å²) in [6.45, 7) is 1.84. The summed E-state index contributed by atoms with van der Waals surface area (Å²) in [5, 5.41) is 11.4. The molecule has 0 atom stereocenters. The maximum absolute atomic E-state index is 13.0. The zero-order chi connectivity index (χ0) is 20.4.